The number of likely N-dealkylation sites (N-methyl/N-ethyl adjacent to an activating group) is 1. The number of benzene rings is 2. The summed E-state index contributed by atoms with van der Waals surface area (Å²) < 4.78 is 0. The summed E-state index contributed by atoms with van der Waals surface area (Å²) in [4.78, 5) is 14.1. The van der Waals surface area contributed by atoms with Crippen LogP contribution < -0.4 is 15.5 Å². The molecule has 1 aliphatic rings. The number of fused-ring (bicyclic) bond motifs is 1. The first-order valence-electron chi connectivity index (χ1n) is 7.85. The molecule has 6 heteroatoms. The SMILES string of the molecule is CN1CCc2cc(C(O)CNC(=O)Nc3ccc(Cl)cc3)ccc21. The molecule has 2 amide bonds. The third-order valence-corrected chi connectivity index (χ3v) is 4.43. The Morgan fingerprint density at radius 1 is 1.29 bits per heavy atom. The van der Waals surface area contributed by atoms with Crippen LogP contribution >= 0.6 is 11.6 Å². The van der Waals surface area contributed by atoms with Gasteiger partial charge in [-0.2, -0.15) is 0 Å². The van der Waals surface area contributed by atoms with Crippen molar-refractivity contribution in [2.45, 2.75) is 12.5 Å². The van der Waals surface area contributed by atoms with Crippen LogP contribution in [0.5, 0.6) is 0 Å². The van der Waals surface area contributed by atoms with Crippen molar-refractivity contribution in [1.29, 1.82) is 0 Å². The minimum Gasteiger partial charge on any atom is -0.387 e. The van der Waals surface area contributed by atoms with Crippen LogP contribution in [-0.4, -0.2) is 31.3 Å². The molecule has 1 heterocycles. The summed E-state index contributed by atoms with van der Waals surface area (Å²) in [7, 11) is 2.06. The Morgan fingerprint density at radius 2 is 2.04 bits per heavy atom. The average Bonchev–Trinajstić information content (AvgIpc) is 2.95. The molecule has 2 aromatic carbocycles. The highest BCUT2D eigenvalue weighted by Crippen LogP contribution is 2.29. The second-order valence-corrected chi connectivity index (χ2v) is 6.35. The zero-order chi connectivity index (χ0) is 17.1. The number of carbonyl (C=O) groups is 1. The van der Waals surface area contributed by atoms with Crippen LogP contribution in [0.1, 0.15) is 17.2 Å². The molecule has 0 bridgehead atoms. The molecule has 0 saturated heterocycles. The Kier molecular flexibility index (Phi) is 4.92. The highest BCUT2D eigenvalue weighted by Gasteiger charge is 2.18. The van der Waals surface area contributed by atoms with Crippen molar-refractivity contribution in [2.24, 2.45) is 0 Å². The molecule has 24 heavy (non-hydrogen) atoms. The summed E-state index contributed by atoms with van der Waals surface area (Å²) >= 11 is 5.80. The number of nitrogens with one attached hydrogen (secondary N) is 2. The van der Waals surface area contributed by atoms with Gasteiger partial charge in [0.1, 0.15) is 0 Å². The first kappa shape index (κ1) is 16.6. The topological polar surface area (TPSA) is 64.6 Å². The normalized spacial score (nSPS) is 14.2. The summed E-state index contributed by atoms with van der Waals surface area (Å²) in [6.07, 6.45) is 0.244. The number of aliphatic hydroxyl groups is 1. The first-order valence-corrected chi connectivity index (χ1v) is 8.23. The summed E-state index contributed by atoms with van der Waals surface area (Å²) in [5.41, 5.74) is 3.90. The Hall–Kier alpha value is -2.24. The lowest BCUT2D eigenvalue weighted by Crippen LogP contribution is -2.32. The van der Waals surface area contributed by atoms with Crippen LogP contribution in [0, 0.1) is 0 Å². The van der Waals surface area contributed by atoms with Crippen molar-refractivity contribution in [3.05, 3.63) is 58.6 Å². The van der Waals surface area contributed by atoms with Crippen LogP contribution in [0.15, 0.2) is 42.5 Å². The van der Waals surface area contributed by atoms with Crippen molar-refractivity contribution in [3.63, 3.8) is 0 Å². The maximum atomic E-state index is 11.9. The molecule has 5 nitrogen and oxygen atoms in total. The number of hydrogen-bond donors (Lipinski definition) is 3. The summed E-state index contributed by atoms with van der Waals surface area (Å²) in [5.74, 6) is 0. The molecule has 3 rings (SSSR count). The van der Waals surface area contributed by atoms with Gasteiger partial charge in [-0.15, -0.1) is 0 Å². The number of aliphatic hydroxyl groups excluding tert-OH is 1. The molecule has 0 fully saturated rings. The number of halogens is 1. The molecular formula is C18H20ClN3O2. The average molecular weight is 346 g/mol. The monoisotopic (exact) mass is 345 g/mol. The van der Waals surface area contributed by atoms with Gasteiger partial charge in [0, 0.05) is 36.5 Å². The molecule has 126 valence electrons. The second-order valence-electron chi connectivity index (χ2n) is 5.92. The standard InChI is InChI=1S/C18H20ClN3O2/c1-22-9-8-12-10-13(2-7-16(12)22)17(23)11-20-18(24)21-15-5-3-14(19)4-6-15/h2-7,10,17,23H,8-9,11H2,1H3,(H2,20,21,24). The van der Waals surface area contributed by atoms with Crippen LogP contribution in [0.25, 0.3) is 0 Å². The zero-order valence-corrected chi connectivity index (χ0v) is 14.2. The Morgan fingerprint density at radius 3 is 2.79 bits per heavy atom. The highest BCUT2D eigenvalue weighted by atomic mass is 35.5. The number of urea groups is 1. The fourth-order valence-electron chi connectivity index (χ4n) is 2.81. The maximum Gasteiger partial charge on any atom is 0.319 e. The Bertz CT molecular complexity index is 734. The molecule has 2 aromatic rings. The van der Waals surface area contributed by atoms with Crippen molar-refractivity contribution in [2.75, 3.05) is 30.4 Å². The maximum absolute atomic E-state index is 11.9. The number of anilines is 2. The van der Waals surface area contributed by atoms with Gasteiger partial charge in [0.15, 0.2) is 0 Å². The number of carbonyl (C=O) groups excluding carboxylic acids is 1. The molecule has 0 spiro atoms. The highest BCUT2D eigenvalue weighted by molar-refractivity contribution is 6.30. The summed E-state index contributed by atoms with van der Waals surface area (Å²) in [6.45, 7) is 1.14. The molecule has 0 aromatic heterocycles. The molecule has 1 atom stereocenters. The third-order valence-electron chi connectivity index (χ3n) is 4.17. The van der Waals surface area contributed by atoms with E-state index in [0.29, 0.717) is 10.7 Å². The van der Waals surface area contributed by atoms with Crippen molar-refractivity contribution >= 4 is 29.0 Å². The first-order chi connectivity index (χ1) is 11.5. The molecule has 0 saturated carbocycles. The second kappa shape index (κ2) is 7.11. The lowest BCUT2D eigenvalue weighted by Gasteiger charge is -2.16. The van der Waals surface area contributed by atoms with E-state index in [1.807, 2.05) is 18.2 Å². The Balaban J connectivity index is 1.54. The van der Waals surface area contributed by atoms with Gasteiger partial charge in [0.25, 0.3) is 0 Å². The van der Waals surface area contributed by atoms with Gasteiger partial charge < -0.3 is 20.6 Å². The van der Waals surface area contributed by atoms with Gasteiger partial charge >= 0.3 is 6.03 Å². The molecule has 0 aliphatic carbocycles. The summed E-state index contributed by atoms with van der Waals surface area (Å²) in [5, 5.41) is 16.3. The van der Waals surface area contributed by atoms with Crippen LogP contribution in [-0.2, 0) is 6.42 Å². The summed E-state index contributed by atoms with van der Waals surface area (Å²) in [6, 6.07) is 12.4. The number of rotatable bonds is 4. The van der Waals surface area contributed by atoms with Gasteiger partial charge in [0.2, 0.25) is 0 Å². The van der Waals surface area contributed by atoms with E-state index in [2.05, 4.69) is 22.6 Å². The fraction of sp³-hybridized carbons (Fsp3) is 0.278. The molecular weight excluding hydrogens is 326 g/mol. The van der Waals surface area contributed by atoms with E-state index in [-0.39, 0.29) is 12.6 Å². The van der Waals surface area contributed by atoms with Crippen LogP contribution in [0.4, 0.5) is 16.2 Å². The Labute approximate surface area is 146 Å². The van der Waals surface area contributed by atoms with Gasteiger partial charge in [-0.3, -0.25) is 0 Å². The van der Waals surface area contributed by atoms with Crippen LogP contribution in [0.2, 0.25) is 5.02 Å². The van der Waals surface area contributed by atoms with Gasteiger partial charge in [-0.05, 0) is 47.9 Å². The van der Waals surface area contributed by atoms with E-state index in [1.165, 1.54) is 11.3 Å². The third kappa shape index (κ3) is 3.80. The molecule has 0 radical (unpaired) electrons. The van der Waals surface area contributed by atoms with E-state index in [4.69, 9.17) is 11.6 Å². The van der Waals surface area contributed by atoms with Crippen molar-refractivity contribution in [3.8, 4) is 0 Å². The molecule has 1 unspecified atom stereocenters. The number of nitrogens with zero attached hydrogens (tertiary/aromatic N) is 1. The van der Waals surface area contributed by atoms with Gasteiger partial charge in [-0.1, -0.05) is 23.7 Å². The van der Waals surface area contributed by atoms with Crippen molar-refractivity contribution < 1.29 is 9.90 Å². The zero-order valence-electron chi connectivity index (χ0n) is 13.4. The minimum atomic E-state index is -0.739. The van der Waals surface area contributed by atoms with Gasteiger partial charge in [-0.25, -0.2) is 4.79 Å². The number of amides is 2. The van der Waals surface area contributed by atoms with Crippen molar-refractivity contribution in [1.82, 2.24) is 5.32 Å². The largest absolute Gasteiger partial charge is 0.387 e. The molecule has 1 aliphatic heterocycles. The van der Waals surface area contributed by atoms with Gasteiger partial charge in [0.05, 0.1) is 6.10 Å². The van der Waals surface area contributed by atoms with E-state index in [1.54, 1.807) is 24.3 Å². The van der Waals surface area contributed by atoms with Crippen LogP contribution in [0.3, 0.4) is 0 Å². The van der Waals surface area contributed by atoms with E-state index < -0.39 is 6.10 Å². The number of hydrogen-bond acceptors (Lipinski definition) is 3. The quantitative estimate of drug-likeness (QED) is 0.797. The van der Waals surface area contributed by atoms with E-state index in [9.17, 15) is 9.90 Å². The predicted octanol–water partition coefficient (Wildman–Crippen LogP) is 3.19. The fourth-order valence-corrected chi connectivity index (χ4v) is 2.94. The lowest BCUT2D eigenvalue weighted by atomic mass is 10.0. The smallest absolute Gasteiger partial charge is 0.319 e. The van der Waals surface area contributed by atoms with E-state index in [0.717, 1.165) is 18.5 Å². The lowest BCUT2D eigenvalue weighted by molar-refractivity contribution is 0.175. The molecule has 3 N–H and O–H groups in total. The minimum absolute atomic E-state index is 0.147. The van der Waals surface area contributed by atoms with E-state index >= 15 is 0 Å². The predicted molar refractivity (Wildman–Crippen MR) is 96.8 cm³/mol.